The van der Waals surface area contributed by atoms with Crippen molar-refractivity contribution in [1.82, 2.24) is 0 Å². The van der Waals surface area contributed by atoms with E-state index in [9.17, 15) is 9.79 Å². The van der Waals surface area contributed by atoms with Gasteiger partial charge in [-0.25, -0.2) is 0 Å². The molecule has 0 rings (SSSR count). The molecule has 0 radical (unpaired) electrons. The van der Waals surface area contributed by atoms with Crippen molar-refractivity contribution in [3.8, 4) is 0 Å². The topological polar surface area (TPSA) is 40.5 Å². The summed E-state index contributed by atoms with van der Waals surface area (Å²) in [6, 6.07) is 0. The molecule has 0 spiro atoms. The van der Waals surface area contributed by atoms with E-state index in [0.717, 1.165) is 25.7 Å². The van der Waals surface area contributed by atoms with Crippen LogP contribution in [0.5, 0.6) is 0 Å². The second-order valence-electron chi connectivity index (χ2n) is 4.13. The third-order valence-corrected chi connectivity index (χ3v) is 6.82. The zero-order chi connectivity index (χ0) is 10.4. The third-order valence-electron chi connectivity index (χ3n) is 2.51. The Kier molecular flexibility index (Phi) is 5.43. The number of rotatable bonds is 7. The second-order valence-corrected chi connectivity index (χ2v) is 8.69. The van der Waals surface area contributed by atoms with Gasteiger partial charge in [0, 0.05) is 0 Å². The van der Waals surface area contributed by atoms with Crippen LogP contribution in [0.1, 0.15) is 46.5 Å². The minimum absolute atomic E-state index is 0.624. The van der Waals surface area contributed by atoms with Crippen molar-refractivity contribution in [3.05, 3.63) is 0 Å². The average Bonchev–Trinajstić information content (AvgIpc) is 2.02. The zero-order valence-electron chi connectivity index (χ0n) is 9.29. The van der Waals surface area contributed by atoms with Crippen LogP contribution in [-0.2, 0) is 0 Å². The Morgan fingerprint density at radius 3 is 1.54 bits per heavy atom. The molecule has 2 N–H and O–H groups in total. The van der Waals surface area contributed by atoms with Gasteiger partial charge < -0.3 is 0 Å². The van der Waals surface area contributed by atoms with Gasteiger partial charge in [-0.05, 0) is 0 Å². The number of hydrogen-bond acceptors (Lipinski definition) is 2. The zero-order valence-corrected chi connectivity index (χ0v) is 10.2. The molecule has 2 nitrogen and oxygen atoms in total. The van der Waals surface area contributed by atoms with Crippen LogP contribution in [0.25, 0.3) is 0 Å². The first-order chi connectivity index (χ1) is 5.96. The molecular formula is C10H25O2P. The van der Waals surface area contributed by atoms with E-state index in [2.05, 4.69) is 6.92 Å². The molecule has 0 amide bonds. The number of hydrogen-bond donors (Lipinski definition) is 2. The normalized spacial score (nSPS) is 15.3. The fourth-order valence-corrected chi connectivity index (χ4v) is 5.67. The summed E-state index contributed by atoms with van der Waals surface area (Å²) in [5.41, 5.74) is 0. The summed E-state index contributed by atoms with van der Waals surface area (Å²) in [7, 11) is -3.24. The van der Waals surface area contributed by atoms with Crippen LogP contribution in [0.3, 0.4) is 0 Å². The van der Waals surface area contributed by atoms with Crippen molar-refractivity contribution in [2.45, 2.75) is 46.5 Å². The van der Waals surface area contributed by atoms with E-state index >= 15 is 0 Å². The van der Waals surface area contributed by atoms with Gasteiger partial charge in [0.15, 0.2) is 0 Å². The Morgan fingerprint density at radius 2 is 1.23 bits per heavy atom. The molecule has 0 bridgehead atoms. The van der Waals surface area contributed by atoms with Crippen molar-refractivity contribution in [2.75, 3.05) is 18.5 Å². The first-order valence-electron chi connectivity index (χ1n) is 5.47. The Labute approximate surface area is 82.5 Å². The van der Waals surface area contributed by atoms with Crippen LogP contribution in [0, 0.1) is 0 Å². The number of unbranched alkanes of at least 4 members (excludes halogenated alkanes) is 1. The van der Waals surface area contributed by atoms with Crippen LogP contribution < -0.4 is 0 Å². The maximum absolute atomic E-state index is 10.3. The fraction of sp³-hybridized carbons (Fsp3) is 1.00. The summed E-state index contributed by atoms with van der Waals surface area (Å²) in [4.78, 5) is 20.6. The SMILES string of the molecule is CCCCP(O)(O)(CCC)CCC. The van der Waals surface area contributed by atoms with Crippen molar-refractivity contribution in [1.29, 1.82) is 0 Å². The van der Waals surface area contributed by atoms with Crippen LogP contribution >= 0.6 is 7.06 Å². The molecule has 0 unspecified atom stereocenters. The van der Waals surface area contributed by atoms with Crippen LogP contribution in [0.4, 0.5) is 0 Å². The van der Waals surface area contributed by atoms with Crippen LogP contribution in [0.2, 0.25) is 0 Å². The summed E-state index contributed by atoms with van der Waals surface area (Å²) < 4.78 is 0. The van der Waals surface area contributed by atoms with Gasteiger partial charge in [0.2, 0.25) is 0 Å². The van der Waals surface area contributed by atoms with E-state index < -0.39 is 7.06 Å². The van der Waals surface area contributed by atoms with Crippen molar-refractivity contribution < 1.29 is 9.79 Å². The van der Waals surface area contributed by atoms with E-state index in [-0.39, 0.29) is 0 Å². The van der Waals surface area contributed by atoms with Gasteiger partial charge in [-0.1, -0.05) is 0 Å². The molecule has 82 valence electrons. The van der Waals surface area contributed by atoms with Gasteiger partial charge >= 0.3 is 81.8 Å². The van der Waals surface area contributed by atoms with Gasteiger partial charge in [-0.3, -0.25) is 0 Å². The second kappa shape index (κ2) is 5.29. The summed E-state index contributed by atoms with van der Waals surface area (Å²) in [5, 5.41) is 0. The molecule has 0 heterocycles. The third kappa shape index (κ3) is 4.95. The van der Waals surface area contributed by atoms with E-state index in [4.69, 9.17) is 0 Å². The molecule has 0 aliphatic carbocycles. The van der Waals surface area contributed by atoms with Gasteiger partial charge in [-0.15, -0.1) is 0 Å². The summed E-state index contributed by atoms with van der Waals surface area (Å²) in [5.74, 6) is 0. The molecule has 0 aromatic heterocycles. The molecule has 13 heavy (non-hydrogen) atoms. The van der Waals surface area contributed by atoms with Crippen molar-refractivity contribution in [3.63, 3.8) is 0 Å². The predicted molar refractivity (Wildman–Crippen MR) is 61.4 cm³/mol. The molecule has 0 saturated carbocycles. The Bertz CT molecular complexity index is 136. The average molecular weight is 208 g/mol. The molecule has 0 atom stereocenters. The Morgan fingerprint density at radius 1 is 0.769 bits per heavy atom. The molecule has 0 saturated heterocycles. The van der Waals surface area contributed by atoms with E-state index in [0.29, 0.717) is 18.5 Å². The predicted octanol–water partition coefficient (Wildman–Crippen LogP) is 2.97. The Hall–Kier alpha value is 0.350. The maximum atomic E-state index is 10.3. The summed E-state index contributed by atoms with van der Waals surface area (Å²) >= 11 is 0. The van der Waals surface area contributed by atoms with Crippen molar-refractivity contribution >= 4 is 7.06 Å². The summed E-state index contributed by atoms with van der Waals surface area (Å²) in [6.45, 7) is 6.14. The fourth-order valence-electron chi connectivity index (χ4n) is 1.89. The quantitative estimate of drug-likeness (QED) is 0.631. The van der Waals surface area contributed by atoms with Crippen molar-refractivity contribution in [2.24, 2.45) is 0 Å². The minimum atomic E-state index is -3.24. The molecule has 0 aliphatic heterocycles. The standard InChI is InChI=1S/C10H25O2P/c1-4-7-10-13(11,12,8-5-2)9-6-3/h11-12H,4-10H2,1-3H3. The molecular weight excluding hydrogens is 183 g/mol. The van der Waals surface area contributed by atoms with Crippen LogP contribution in [-0.4, -0.2) is 28.3 Å². The van der Waals surface area contributed by atoms with E-state index in [1.165, 1.54) is 0 Å². The van der Waals surface area contributed by atoms with Gasteiger partial charge in [-0.2, -0.15) is 0 Å². The van der Waals surface area contributed by atoms with Gasteiger partial charge in [0.1, 0.15) is 0 Å². The molecule has 0 aromatic carbocycles. The molecule has 0 fully saturated rings. The molecule has 0 aromatic rings. The monoisotopic (exact) mass is 208 g/mol. The molecule has 3 heteroatoms. The Balaban J connectivity index is 4.28. The first-order valence-corrected chi connectivity index (χ1v) is 8.17. The first kappa shape index (κ1) is 13.4. The van der Waals surface area contributed by atoms with Gasteiger partial charge in [0.25, 0.3) is 0 Å². The van der Waals surface area contributed by atoms with Crippen LogP contribution in [0.15, 0.2) is 0 Å². The summed E-state index contributed by atoms with van der Waals surface area (Å²) in [6.07, 6.45) is 5.66. The van der Waals surface area contributed by atoms with E-state index in [1.807, 2.05) is 13.8 Å². The van der Waals surface area contributed by atoms with E-state index in [1.54, 1.807) is 0 Å². The molecule has 0 aliphatic rings. The van der Waals surface area contributed by atoms with Gasteiger partial charge in [0.05, 0.1) is 0 Å².